The van der Waals surface area contributed by atoms with Crippen molar-refractivity contribution in [2.75, 3.05) is 20.1 Å². The van der Waals surface area contributed by atoms with Crippen molar-refractivity contribution >= 4 is 17.5 Å². The van der Waals surface area contributed by atoms with Gasteiger partial charge in [-0.05, 0) is 42.6 Å². The first-order chi connectivity index (χ1) is 12.1. The van der Waals surface area contributed by atoms with Crippen LogP contribution in [0.2, 0.25) is 5.02 Å². The van der Waals surface area contributed by atoms with Crippen LogP contribution in [0.25, 0.3) is 0 Å². The van der Waals surface area contributed by atoms with E-state index in [9.17, 15) is 4.79 Å². The molecule has 0 unspecified atom stereocenters. The van der Waals surface area contributed by atoms with Crippen LogP contribution >= 0.6 is 11.6 Å². The molecule has 1 heterocycles. The minimum Gasteiger partial charge on any atom is -0.341 e. The van der Waals surface area contributed by atoms with E-state index in [1.54, 1.807) is 0 Å². The maximum Gasteiger partial charge on any atom is 0.227 e. The molecule has 0 radical (unpaired) electrons. The molecule has 2 aromatic rings. The number of carbonyl (C=O) groups is 1. The molecule has 0 aliphatic carbocycles. The van der Waals surface area contributed by atoms with E-state index in [1.165, 1.54) is 11.1 Å². The molecule has 25 heavy (non-hydrogen) atoms. The Balaban J connectivity index is 1.57. The van der Waals surface area contributed by atoms with Gasteiger partial charge in [0.05, 0.1) is 5.92 Å². The molecule has 2 aromatic carbocycles. The Kier molecular flexibility index (Phi) is 6.11. The predicted molar refractivity (Wildman–Crippen MR) is 102 cm³/mol. The Morgan fingerprint density at radius 3 is 2.68 bits per heavy atom. The molecule has 0 saturated carbocycles. The van der Waals surface area contributed by atoms with Gasteiger partial charge < -0.3 is 4.90 Å². The highest BCUT2D eigenvalue weighted by molar-refractivity contribution is 6.30. The van der Waals surface area contributed by atoms with Crippen LogP contribution in [0.15, 0.2) is 54.6 Å². The van der Waals surface area contributed by atoms with Crippen LogP contribution in [0.3, 0.4) is 0 Å². The molecular formula is C21H25ClN2O. The normalized spacial score (nSPS) is 18.1. The van der Waals surface area contributed by atoms with E-state index in [0.29, 0.717) is 6.54 Å². The van der Waals surface area contributed by atoms with Gasteiger partial charge in [-0.2, -0.15) is 0 Å². The summed E-state index contributed by atoms with van der Waals surface area (Å²) < 4.78 is 0. The average Bonchev–Trinajstić information content (AvgIpc) is 2.62. The minimum atomic E-state index is 0.0849. The highest BCUT2D eigenvalue weighted by atomic mass is 35.5. The van der Waals surface area contributed by atoms with Crippen molar-refractivity contribution in [2.45, 2.75) is 25.9 Å². The first-order valence-corrected chi connectivity index (χ1v) is 9.25. The fourth-order valence-electron chi connectivity index (χ4n) is 3.54. The summed E-state index contributed by atoms with van der Waals surface area (Å²) in [6.07, 6.45) is 2.04. The quantitative estimate of drug-likeness (QED) is 0.801. The van der Waals surface area contributed by atoms with E-state index >= 15 is 0 Å². The zero-order valence-corrected chi connectivity index (χ0v) is 15.5. The molecule has 1 atom stereocenters. The Morgan fingerprint density at radius 1 is 1.16 bits per heavy atom. The number of rotatable bonds is 5. The molecule has 0 N–H and O–H groups in total. The third-order valence-electron chi connectivity index (χ3n) is 4.79. The van der Waals surface area contributed by atoms with Crippen molar-refractivity contribution in [3.05, 3.63) is 70.7 Å². The molecule has 3 nitrogen and oxygen atoms in total. The summed E-state index contributed by atoms with van der Waals surface area (Å²) in [6.45, 7) is 3.39. The fourth-order valence-corrected chi connectivity index (χ4v) is 3.75. The van der Waals surface area contributed by atoms with Crippen LogP contribution in [0.5, 0.6) is 0 Å². The molecule has 1 aliphatic rings. The van der Waals surface area contributed by atoms with Gasteiger partial charge in [0.2, 0.25) is 5.91 Å². The maximum absolute atomic E-state index is 12.8. The Labute approximate surface area is 155 Å². The molecule has 132 valence electrons. The van der Waals surface area contributed by atoms with Gasteiger partial charge in [-0.1, -0.05) is 54.1 Å². The first kappa shape index (κ1) is 18.0. The summed E-state index contributed by atoms with van der Waals surface area (Å²) in [5.74, 6) is 0.335. The molecule has 1 saturated heterocycles. The lowest BCUT2D eigenvalue weighted by atomic mass is 9.96. The second-order valence-corrected chi connectivity index (χ2v) is 7.32. The van der Waals surface area contributed by atoms with E-state index in [4.69, 9.17) is 11.6 Å². The highest BCUT2D eigenvalue weighted by Crippen LogP contribution is 2.22. The number of piperidine rings is 1. The number of halogens is 1. The number of amides is 1. The van der Waals surface area contributed by atoms with Gasteiger partial charge in [-0.3, -0.25) is 9.69 Å². The molecule has 3 rings (SSSR count). The van der Waals surface area contributed by atoms with Crippen LogP contribution in [0.1, 0.15) is 24.0 Å². The van der Waals surface area contributed by atoms with Crippen molar-refractivity contribution in [1.82, 2.24) is 9.80 Å². The van der Waals surface area contributed by atoms with Crippen molar-refractivity contribution in [3.8, 4) is 0 Å². The highest BCUT2D eigenvalue weighted by Gasteiger charge is 2.28. The average molecular weight is 357 g/mol. The topological polar surface area (TPSA) is 23.6 Å². The summed E-state index contributed by atoms with van der Waals surface area (Å²) in [4.78, 5) is 17.1. The van der Waals surface area contributed by atoms with Gasteiger partial charge in [-0.15, -0.1) is 0 Å². The molecule has 0 spiro atoms. The lowest BCUT2D eigenvalue weighted by molar-refractivity contribution is -0.136. The van der Waals surface area contributed by atoms with Crippen molar-refractivity contribution in [3.63, 3.8) is 0 Å². The third-order valence-corrected chi connectivity index (χ3v) is 5.02. The van der Waals surface area contributed by atoms with Crippen molar-refractivity contribution in [2.24, 2.45) is 5.92 Å². The van der Waals surface area contributed by atoms with Crippen LogP contribution in [0.4, 0.5) is 0 Å². The first-order valence-electron chi connectivity index (χ1n) is 8.87. The summed E-state index contributed by atoms with van der Waals surface area (Å²) in [5, 5.41) is 0.768. The van der Waals surface area contributed by atoms with E-state index in [1.807, 2.05) is 48.3 Å². The molecule has 0 bridgehead atoms. The van der Waals surface area contributed by atoms with Gasteiger partial charge in [-0.25, -0.2) is 0 Å². The molecule has 1 aliphatic heterocycles. The van der Waals surface area contributed by atoms with E-state index in [0.717, 1.165) is 37.5 Å². The zero-order chi connectivity index (χ0) is 17.6. The molecular weight excluding hydrogens is 332 g/mol. The standard InChI is InChI=1S/C21H25ClN2O/c1-23(14-17-7-3-2-4-8-17)21(25)19-10-6-12-24(16-19)15-18-9-5-11-20(22)13-18/h2-5,7-9,11,13,19H,6,10,12,14-16H2,1H3/t19-/m1/s1. The SMILES string of the molecule is CN(Cc1ccccc1)C(=O)[C@@H]1CCCN(Cc2cccc(Cl)c2)C1. The summed E-state index contributed by atoms with van der Waals surface area (Å²) in [7, 11) is 1.91. The Hall–Kier alpha value is -1.84. The summed E-state index contributed by atoms with van der Waals surface area (Å²) >= 11 is 6.08. The second-order valence-electron chi connectivity index (χ2n) is 6.88. The molecule has 1 amide bonds. The number of hydrogen-bond acceptors (Lipinski definition) is 2. The number of hydrogen-bond donors (Lipinski definition) is 0. The van der Waals surface area contributed by atoms with Gasteiger partial charge in [0, 0.05) is 31.7 Å². The second kappa shape index (κ2) is 8.50. The van der Waals surface area contributed by atoms with Crippen molar-refractivity contribution < 1.29 is 4.79 Å². The van der Waals surface area contributed by atoms with E-state index in [2.05, 4.69) is 23.1 Å². The lowest BCUT2D eigenvalue weighted by Gasteiger charge is -2.34. The zero-order valence-electron chi connectivity index (χ0n) is 14.7. The van der Waals surface area contributed by atoms with Gasteiger partial charge in [0.1, 0.15) is 0 Å². The maximum atomic E-state index is 12.8. The van der Waals surface area contributed by atoms with E-state index < -0.39 is 0 Å². The third kappa shape index (κ3) is 5.07. The molecule has 1 fully saturated rings. The van der Waals surface area contributed by atoms with Crippen LogP contribution < -0.4 is 0 Å². The number of carbonyl (C=O) groups excluding carboxylic acids is 1. The fraction of sp³-hybridized carbons (Fsp3) is 0.381. The van der Waals surface area contributed by atoms with Gasteiger partial charge >= 0.3 is 0 Å². The van der Waals surface area contributed by atoms with Gasteiger partial charge in [0.15, 0.2) is 0 Å². The monoisotopic (exact) mass is 356 g/mol. The predicted octanol–water partition coefficient (Wildman–Crippen LogP) is 4.21. The number of likely N-dealkylation sites (tertiary alicyclic amines) is 1. The van der Waals surface area contributed by atoms with E-state index in [-0.39, 0.29) is 11.8 Å². The number of nitrogens with zero attached hydrogens (tertiary/aromatic N) is 2. The van der Waals surface area contributed by atoms with Crippen LogP contribution in [-0.4, -0.2) is 35.8 Å². The molecule has 4 heteroatoms. The number of benzene rings is 2. The lowest BCUT2D eigenvalue weighted by Crippen LogP contribution is -2.43. The minimum absolute atomic E-state index is 0.0849. The summed E-state index contributed by atoms with van der Waals surface area (Å²) in [6, 6.07) is 18.1. The Morgan fingerprint density at radius 2 is 1.92 bits per heavy atom. The Bertz CT molecular complexity index is 704. The smallest absolute Gasteiger partial charge is 0.227 e. The molecule has 0 aromatic heterocycles. The van der Waals surface area contributed by atoms with Gasteiger partial charge in [0.25, 0.3) is 0 Å². The largest absolute Gasteiger partial charge is 0.341 e. The van der Waals surface area contributed by atoms with Crippen molar-refractivity contribution in [1.29, 1.82) is 0 Å². The van der Waals surface area contributed by atoms with Crippen LogP contribution in [-0.2, 0) is 17.9 Å². The summed E-state index contributed by atoms with van der Waals surface area (Å²) in [5.41, 5.74) is 2.38. The van der Waals surface area contributed by atoms with Crippen LogP contribution in [0, 0.1) is 5.92 Å².